The van der Waals surface area contributed by atoms with E-state index in [1.807, 2.05) is 24.3 Å². The third kappa shape index (κ3) is 3.20. The van der Waals surface area contributed by atoms with Crippen LogP contribution in [0.15, 0.2) is 47.4 Å². The van der Waals surface area contributed by atoms with Gasteiger partial charge in [0.25, 0.3) is 11.5 Å². The van der Waals surface area contributed by atoms with Crippen LogP contribution < -0.4 is 5.56 Å². The molecule has 1 amide bonds. The number of hydrogen-bond acceptors (Lipinski definition) is 4. The van der Waals surface area contributed by atoms with E-state index in [0.717, 1.165) is 18.4 Å². The van der Waals surface area contributed by atoms with E-state index < -0.39 is 5.56 Å². The number of hydrogen-bond donors (Lipinski definition) is 1. The fraction of sp³-hybridized carbons (Fsp3) is 0.263. The first kappa shape index (κ1) is 16.7. The highest BCUT2D eigenvalue weighted by Gasteiger charge is 2.31. The monoisotopic (exact) mass is 368 g/mol. The van der Waals surface area contributed by atoms with Crippen molar-refractivity contribution in [1.82, 2.24) is 19.9 Å². The van der Waals surface area contributed by atoms with Crippen LogP contribution in [0.2, 0.25) is 5.02 Å². The SMILES string of the molecule is O=C(c1nc2cccnc2[nH]c1=O)N1CCCC1Cc1cccc(Cl)c1. The summed E-state index contributed by atoms with van der Waals surface area (Å²) >= 11 is 6.06. The number of nitrogens with zero attached hydrogens (tertiary/aromatic N) is 3. The molecule has 2 aromatic heterocycles. The Morgan fingerprint density at radius 3 is 3.04 bits per heavy atom. The van der Waals surface area contributed by atoms with Gasteiger partial charge in [0, 0.05) is 23.8 Å². The van der Waals surface area contributed by atoms with Gasteiger partial charge in [0.05, 0.1) is 0 Å². The second-order valence-corrected chi connectivity index (χ2v) is 6.85. The van der Waals surface area contributed by atoms with Crippen LogP contribution in [0.4, 0.5) is 0 Å². The van der Waals surface area contributed by atoms with Crippen LogP contribution >= 0.6 is 11.6 Å². The molecule has 1 atom stereocenters. The Bertz CT molecular complexity index is 1030. The van der Waals surface area contributed by atoms with E-state index in [0.29, 0.717) is 29.2 Å². The maximum atomic E-state index is 13.0. The number of rotatable bonds is 3. The van der Waals surface area contributed by atoms with E-state index in [2.05, 4.69) is 15.0 Å². The van der Waals surface area contributed by atoms with Crippen LogP contribution in [0.5, 0.6) is 0 Å². The summed E-state index contributed by atoms with van der Waals surface area (Å²) in [7, 11) is 0. The number of likely N-dealkylation sites (tertiary alicyclic amines) is 1. The van der Waals surface area contributed by atoms with E-state index in [1.54, 1.807) is 23.2 Å². The van der Waals surface area contributed by atoms with Crippen LogP contribution in [0.25, 0.3) is 11.2 Å². The molecule has 26 heavy (non-hydrogen) atoms. The molecule has 1 unspecified atom stereocenters. The van der Waals surface area contributed by atoms with Gasteiger partial charge in [-0.3, -0.25) is 9.59 Å². The lowest BCUT2D eigenvalue weighted by Gasteiger charge is -2.24. The molecule has 1 aromatic carbocycles. The van der Waals surface area contributed by atoms with E-state index in [4.69, 9.17) is 11.6 Å². The number of nitrogens with one attached hydrogen (secondary N) is 1. The van der Waals surface area contributed by atoms with Gasteiger partial charge in [-0.25, -0.2) is 9.97 Å². The molecule has 6 nitrogen and oxygen atoms in total. The molecule has 0 spiro atoms. The van der Waals surface area contributed by atoms with E-state index in [-0.39, 0.29) is 17.6 Å². The standard InChI is InChI=1S/C19H17ClN4O2/c20-13-5-1-4-12(10-13)11-14-6-3-9-24(14)19(26)16-18(25)23-17-15(22-16)7-2-8-21-17/h1-2,4-5,7-8,10,14H,3,6,9,11H2,(H,21,23,25). The molecule has 0 bridgehead atoms. The quantitative estimate of drug-likeness (QED) is 0.771. The van der Waals surface area contributed by atoms with E-state index in [1.165, 1.54) is 0 Å². The lowest BCUT2D eigenvalue weighted by atomic mass is 10.0. The number of H-pyrrole nitrogens is 1. The molecule has 0 aliphatic carbocycles. The van der Waals surface area contributed by atoms with Crippen molar-refractivity contribution in [2.24, 2.45) is 0 Å². The van der Waals surface area contributed by atoms with Crippen molar-refractivity contribution in [3.63, 3.8) is 0 Å². The number of carbonyl (C=O) groups is 1. The first-order chi connectivity index (χ1) is 12.6. The number of aromatic nitrogens is 3. The average Bonchev–Trinajstić information content (AvgIpc) is 3.08. The van der Waals surface area contributed by atoms with Crippen LogP contribution in [-0.4, -0.2) is 38.3 Å². The summed E-state index contributed by atoms with van der Waals surface area (Å²) in [6.45, 7) is 0.621. The summed E-state index contributed by atoms with van der Waals surface area (Å²) in [6.07, 6.45) is 4.08. The third-order valence-electron chi connectivity index (χ3n) is 4.67. The smallest absolute Gasteiger partial charge is 0.281 e. The Kier molecular flexibility index (Phi) is 4.42. The van der Waals surface area contributed by atoms with E-state index >= 15 is 0 Å². The minimum absolute atomic E-state index is 0.0340. The molecule has 1 saturated heterocycles. The molecule has 1 N–H and O–H groups in total. The number of halogens is 1. The second kappa shape index (κ2) is 6.88. The molecule has 0 saturated carbocycles. The molecule has 4 rings (SSSR count). The summed E-state index contributed by atoms with van der Waals surface area (Å²) in [5.74, 6) is -0.332. The highest BCUT2D eigenvalue weighted by molar-refractivity contribution is 6.30. The molecule has 0 radical (unpaired) electrons. The summed E-state index contributed by atoms with van der Waals surface area (Å²) in [5, 5.41) is 0.679. The van der Waals surface area contributed by atoms with Crippen molar-refractivity contribution in [2.75, 3.05) is 6.54 Å². The van der Waals surface area contributed by atoms with Crippen LogP contribution in [0.1, 0.15) is 28.9 Å². The molecule has 7 heteroatoms. The maximum absolute atomic E-state index is 13.0. The lowest BCUT2D eigenvalue weighted by molar-refractivity contribution is 0.0729. The van der Waals surface area contributed by atoms with Crippen LogP contribution in [0.3, 0.4) is 0 Å². The van der Waals surface area contributed by atoms with Crippen molar-refractivity contribution < 1.29 is 4.79 Å². The van der Waals surface area contributed by atoms with Crippen molar-refractivity contribution in [3.05, 3.63) is 69.2 Å². The zero-order valence-corrected chi connectivity index (χ0v) is 14.7. The van der Waals surface area contributed by atoms with Gasteiger partial charge in [-0.1, -0.05) is 23.7 Å². The summed E-state index contributed by atoms with van der Waals surface area (Å²) in [6, 6.07) is 11.1. The number of aromatic amines is 1. The molecule has 3 heterocycles. The fourth-order valence-electron chi connectivity index (χ4n) is 3.45. The molecule has 1 aliphatic heterocycles. The summed E-state index contributed by atoms with van der Waals surface area (Å²) in [4.78, 5) is 38.0. The number of fused-ring (bicyclic) bond motifs is 1. The zero-order valence-electron chi connectivity index (χ0n) is 14.0. The Hall–Kier alpha value is -2.73. The number of benzene rings is 1. The molecular formula is C19H17ClN4O2. The first-order valence-corrected chi connectivity index (χ1v) is 8.90. The highest BCUT2D eigenvalue weighted by Crippen LogP contribution is 2.23. The van der Waals surface area contributed by atoms with Crippen LogP contribution in [-0.2, 0) is 6.42 Å². The first-order valence-electron chi connectivity index (χ1n) is 8.52. The van der Waals surface area contributed by atoms with Gasteiger partial charge >= 0.3 is 0 Å². The largest absolute Gasteiger partial charge is 0.334 e. The Morgan fingerprint density at radius 2 is 2.19 bits per heavy atom. The summed E-state index contributed by atoms with van der Waals surface area (Å²) in [5.41, 5.74) is 1.37. The number of carbonyl (C=O) groups excluding carboxylic acids is 1. The maximum Gasteiger partial charge on any atom is 0.281 e. The van der Waals surface area contributed by atoms with Crippen molar-refractivity contribution in [2.45, 2.75) is 25.3 Å². The minimum Gasteiger partial charge on any atom is -0.334 e. The van der Waals surface area contributed by atoms with Gasteiger partial charge in [0.15, 0.2) is 11.3 Å². The number of pyridine rings is 1. The van der Waals surface area contributed by atoms with Crippen molar-refractivity contribution >= 4 is 28.7 Å². The molecule has 132 valence electrons. The predicted octanol–water partition coefficient (Wildman–Crippen LogP) is 2.82. The molecule has 1 fully saturated rings. The van der Waals surface area contributed by atoms with Gasteiger partial charge in [-0.2, -0.15) is 0 Å². The fourth-order valence-corrected chi connectivity index (χ4v) is 3.67. The minimum atomic E-state index is -0.505. The molecular weight excluding hydrogens is 352 g/mol. The van der Waals surface area contributed by atoms with Gasteiger partial charge in [-0.15, -0.1) is 0 Å². The summed E-state index contributed by atoms with van der Waals surface area (Å²) < 4.78 is 0. The average molecular weight is 369 g/mol. The van der Waals surface area contributed by atoms with Gasteiger partial charge < -0.3 is 9.88 Å². The predicted molar refractivity (Wildman–Crippen MR) is 99.4 cm³/mol. The Balaban J connectivity index is 1.62. The Morgan fingerprint density at radius 1 is 1.31 bits per heavy atom. The topological polar surface area (TPSA) is 79.0 Å². The normalized spacial score (nSPS) is 17.0. The number of amides is 1. The van der Waals surface area contributed by atoms with Crippen molar-refractivity contribution in [3.8, 4) is 0 Å². The highest BCUT2D eigenvalue weighted by atomic mass is 35.5. The third-order valence-corrected chi connectivity index (χ3v) is 4.90. The van der Waals surface area contributed by atoms with Gasteiger partial charge in [0.2, 0.25) is 0 Å². The lowest BCUT2D eigenvalue weighted by Crippen LogP contribution is -2.40. The van der Waals surface area contributed by atoms with Crippen molar-refractivity contribution in [1.29, 1.82) is 0 Å². The van der Waals surface area contributed by atoms with Gasteiger partial charge in [-0.05, 0) is 49.1 Å². The molecule has 3 aromatic rings. The molecule has 1 aliphatic rings. The zero-order chi connectivity index (χ0) is 18.1. The second-order valence-electron chi connectivity index (χ2n) is 6.41. The van der Waals surface area contributed by atoms with Crippen LogP contribution in [0, 0.1) is 0 Å². The van der Waals surface area contributed by atoms with E-state index in [9.17, 15) is 9.59 Å². The Labute approximate surface area is 154 Å². The van der Waals surface area contributed by atoms with Gasteiger partial charge in [0.1, 0.15) is 5.52 Å².